The Morgan fingerprint density at radius 3 is 1.00 bits per heavy atom. The molecule has 0 unspecified atom stereocenters. The number of hydrogen-bond acceptors (Lipinski definition) is 0. The van der Waals surface area contributed by atoms with Gasteiger partial charge >= 0.3 is 0 Å². The molecule has 0 amide bonds. The third-order valence-corrected chi connectivity index (χ3v) is 11.4. The van der Waals surface area contributed by atoms with E-state index in [0.717, 1.165) is 0 Å². The second kappa shape index (κ2) is 12.3. The maximum absolute atomic E-state index is 2.43. The monoisotopic (exact) mass is 682 g/mol. The highest BCUT2D eigenvalue weighted by Gasteiger charge is 2.23. The Balaban J connectivity index is 1.38. The van der Waals surface area contributed by atoms with Crippen LogP contribution in [0.1, 0.15) is 0 Å². The Morgan fingerprint density at radius 2 is 0.556 bits per heavy atom. The largest absolute Gasteiger partial charge is 0.0622 e. The minimum atomic E-state index is 1.22. The van der Waals surface area contributed by atoms with Gasteiger partial charge in [-0.1, -0.05) is 182 Å². The lowest BCUT2D eigenvalue weighted by atomic mass is 9.80. The Bertz CT molecular complexity index is 3020. The van der Waals surface area contributed by atoms with Crippen LogP contribution in [-0.2, 0) is 0 Å². The molecule has 0 N–H and O–H groups in total. The van der Waals surface area contributed by atoms with E-state index in [4.69, 9.17) is 0 Å². The zero-order chi connectivity index (χ0) is 35.6. The van der Waals surface area contributed by atoms with Crippen molar-refractivity contribution in [1.82, 2.24) is 0 Å². The molecule has 0 bridgehead atoms. The fourth-order valence-corrected chi connectivity index (χ4v) is 8.86. The van der Waals surface area contributed by atoms with Gasteiger partial charge in [-0.3, -0.25) is 0 Å². The zero-order valence-corrected chi connectivity index (χ0v) is 29.6. The van der Waals surface area contributed by atoms with E-state index in [9.17, 15) is 0 Å². The molecule has 0 heterocycles. The van der Waals surface area contributed by atoms with Crippen LogP contribution in [0.25, 0.3) is 109 Å². The number of rotatable bonds is 4. The van der Waals surface area contributed by atoms with Crippen molar-refractivity contribution >= 4 is 64.6 Å². The maximum atomic E-state index is 2.43. The first kappa shape index (κ1) is 30.6. The molecule has 0 saturated heterocycles. The summed E-state index contributed by atoms with van der Waals surface area (Å²) in [7, 11) is 0. The second-order valence-electron chi connectivity index (χ2n) is 14.4. The fraction of sp³-hybridized carbons (Fsp3) is 0. The second-order valence-corrected chi connectivity index (χ2v) is 14.4. The van der Waals surface area contributed by atoms with E-state index in [1.54, 1.807) is 0 Å². The molecule has 11 aromatic rings. The molecule has 0 saturated carbocycles. The quantitative estimate of drug-likeness (QED) is 0.128. The molecule has 0 spiro atoms. The highest BCUT2D eigenvalue weighted by Crippen LogP contribution is 2.51. The SMILES string of the molecule is c1ccc(-c2ccc3c(c2)c2cc(-c4ccccc4)ccc2c2c(-c4ccc5ccccc5c4)c4ccccc4c(-c4ccc5ccccc5c4)c32)cc1. The first-order chi connectivity index (χ1) is 26.8. The van der Waals surface area contributed by atoms with E-state index >= 15 is 0 Å². The first-order valence-corrected chi connectivity index (χ1v) is 18.8. The smallest absolute Gasteiger partial charge is 0.000763 e. The van der Waals surface area contributed by atoms with Crippen LogP contribution in [0.5, 0.6) is 0 Å². The molecule has 0 atom stereocenters. The van der Waals surface area contributed by atoms with Gasteiger partial charge in [-0.25, -0.2) is 0 Å². The third kappa shape index (κ3) is 4.85. The molecule has 0 radical (unpaired) electrons. The fourth-order valence-electron chi connectivity index (χ4n) is 8.86. The molecule has 0 nitrogen and oxygen atoms in total. The van der Waals surface area contributed by atoms with Crippen molar-refractivity contribution in [2.45, 2.75) is 0 Å². The van der Waals surface area contributed by atoms with Gasteiger partial charge < -0.3 is 0 Å². The van der Waals surface area contributed by atoms with Crippen molar-refractivity contribution in [2.75, 3.05) is 0 Å². The van der Waals surface area contributed by atoms with E-state index in [0.29, 0.717) is 0 Å². The lowest BCUT2D eigenvalue weighted by Crippen LogP contribution is -1.95. The van der Waals surface area contributed by atoms with E-state index in [1.807, 2.05) is 0 Å². The molecule has 11 aromatic carbocycles. The van der Waals surface area contributed by atoms with Crippen LogP contribution < -0.4 is 0 Å². The zero-order valence-electron chi connectivity index (χ0n) is 29.6. The minimum absolute atomic E-state index is 1.22. The maximum Gasteiger partial charge on any atom is -0.000763 e. The van der Waals surface area contributed by atoms with E-state index in [-0.39, 0.29) is 0 Å². The summed E-state index contributed by atoms with van der Waals surface area (Å²) in [5.74, 6) is 0. The molecule has 250 valence electrons. The van der Waals surface area contributed by atoms with Crippen LogP contribution in [-0.4, -0.2) is 0 Å². The Hall–Kier alpha value is -7.02. The Labute approximate surface area is 314 Å². The lowest BCUT2D eigenvalue weighted by molar-refractivity contribution is 1.64. The molecule has 0 aliphatic heterocycles. The van der Waals surface area contributed by atoms with Gasteiger partial charge in [0.2, 0.25) is 0 Å². The summed E-state index contributed by atoms with van der Waals surface area (Å²) in [4.78, 5) is 0. The summed E-state index contributed by atoms with van der Waals surface area (Å²) in [5, 5.41) is 15.1. The predicted molar refractivity (Wildman–Crippen MR) is 233 cm³/mol. The average molecular weight is 683 g/mol. The van der Waals surface area contributed by atoms with Crippen LogP contribution in [0.4, 0.5) is 0 Å². The molecular weight excluding hydrogens is 649 g/mol. The normalized spacial score (nSPS) is 11.7. The van der Waals surface area contributed by atoms with Crippen molar-refractivity contribution in [1.29, 1.82) is 0 Å². The van der Waals surface area contributed by atoms with Gasteiger partial charge in [-0.15, -0.1) is 0 Å². The molecule has 0 heteroatoms. The Morgan fingerprint density at radius 1 is 0.185 bits per heavy atom. The van der Waals surface area contributed by atoms with Crippen molar-refractivity contribution in [3.63, 3.8) is 0 Å². The van der Waals surface area contributed by atoms with Crippen LogP contribution in [0.2, 0.25) is 0 Å². The highest BCUT2D eigenvalue weighted by atomic mass is 14.3. The molecule has 54 heavy (non-hydrogen) atoms. The standard InChI is InChI=1S/C54H34/c1-3-13-35(14-4-1)41-27-29-47-49(33-41)50-34-42(36-15-5-2-6-16-36)28-30-48(50)54-52(44-26-24-38-18-8-10-20-40(38)32-44)46-22-12-11-21-45(46)51(53(47)54)43-25-23-37-17-7-9-19-39(37)31-43/h1-34H. The summed E-state index contributed by atoms with van der Waals surface area (Å²) in [6, 6.07) is 76.3. The topological polar surface area (TPSA) is 0 Å². The van der Waals surface area contributed by atoms with Crippen LogP contribution >= 0.6 is 0 Å². The summed E-state index contributed by atoms with van der Waals surface area (Å²) in [6.07, 6.45) is 0. The van der Waals surface area contributed by atoms with Crippen molar-refractivity contribution in [3.05, 3.63) is 206 Å². The van der Waals surface area contributed by atoms with Crippen molar-refractivity contribution in [3.8, 4) is 44.5 Å². The van der Waals surface area contributed by atoms with Gasteiger partial charge in [-0.05, 0) is 133 Å². The predicted octanol–water partition coefficient (Wildman–Crippen LogP) is 15.3. The van der Waals surface area contributed by atoms with Crippen molar-refractivity contribution < 1.29 is 0 Å². The molecule has 0 aromatic heterocycles. The molecule has 0 fully saturated rings. The molecule has 0 aliphatic rings. The summed E-state index contributed by atoms with van der Waals surface area (Å²) < 4.78 is 0. The van der Waals surface area contributed by atoms with Gasteiger partial charge in [0.25, 0.3) is 0 Å². The molecule has 11 rings (SSSR count). The first-order valence-electron chi connectivity index (χ1n) is 18.8. The number of hydrogen-bond donors (Lipinski definition) is 0. The summed E-state index contributed by atoms with van der Waals surface area (Å²) in [6.45, 7) is 0. The number of fused-ring (bicyclic) bond motifs is 9. The average Bonchev–Trinajstić information content (AvgIpc) is 3.25. The third-order valence-electron chi connectivity index (χ3n) is 11.4. The van der Waals surface area contributed by atoms with Crippen LogP contribution in [0, 0.1) is 0 Å². The van der Waals surface area contributed by atoms with Gasteiger partial charge in [-0.2, -0.15) is 0 Å². The van der Waals surface area contributed by atoms with E-state index in [2.05, 4.69) is 206 Å². The molecule has 0 aliphatic carbocycles. The van der Waals surface area contributed by atoms with Crippen molar-refractivity contribution in [2.24, 2.45) is 0 Å². The van der Waals surface area contributed by atoms with Gasteiger partial charge in [0, 0.05) is 0 Å². The van der Waals surface area contributed by atoms with Crippen LogP contribution in [0.3, 0.4) is 0 Å². The van der Waals surface area contributed by atoms with Crippen LogP contribution in [0.15, 0.2) is 206 Å². The number of benzene rings is 11. The van der Waals surface area contributed by atoms with Gasteiger partial charge in [0.05, 0.1) is 0 Å². The van der Waals surface area contributed by atoms with E-state index in [1.165, 1.54) is 109 Å². The van der Waals surface area contributed by atoms with Gasteiger partial charge in [0.1, 0.15) is 0 Å². The summed E-state index contributed by atoms with van der Waals surface area (Å²) >= 11 is 0. The minimum Gasteiger partial charge on any atom is -0.0622 e. The van der Waals surface area contributed by atoms with E-state index < -0.39 is 0 Å². The lowest BCUT2D eigenvalue weighted by Gasteiger charge is -2.22. The molecular formula is C54H34. The van der Waals surface area contributed by atoms with Gasteiger partial charge in [0.15, 0.2) is 0 Å². The Kier molecular flexibility index (Phi) is 6.97. The highest BCUT2D eigenvalue weighted by molar-refractivity contribution is 6.37. The summed E-state index contributed by atoms with van der Waals surface area (Å²) in [5.41, 5.74) is 9.90.